The Morgan fingerprint density at radius 3 is 2.50 bits per heavy atom. The van der Waals surface area contributed by atoms with Crippen molar-refractivity contribution in [3.63, 3.8) is 0 Å². The van der Waals surface area contributed by atoms with Crippen LogP contribution in [0.2, 0.25) is 0 Å². The minimum Gasteiger partial charge on any atom is -0.378 e. The molecule has 0 bridgehead atoms. The molecule has 0 amide bonds. The molecule has 5 nitrogen and oxygen atoms in total. The SMILES string of the molecule is CC1=CC(N(C)C)=CC2CC12CNCC1CCC(NC(C)/N=C2/C=CC=CC23CC3(C)N(C)C)CC1. The molecule has 1 spiro atoms. The third-order valence-corrected chi connectivity index (χ3v) is 10.4. The topological polar surface area (TPSA) is 42.9 Å². The molecule has 3 saturated carbocycles. The van der Waals surface area contributed by atoms with E-state index in [2.05, 4.69) is 106 Å². The predicted molar refractivity (Wildman–Crippen MR) is 152 cm³/mol. The average molecular weight is 492 g/mol. The van der Waals surface area contributed by atoms with Crippen LogP contribution in [0.4, 0.5) is 0 Å². The second-order valence-corrected chi connectivity index (χ2v) is 13.0. The van der Waals surface area contributed by atoms with Crippen molar-refractivity contribution in [3.05, 3.63) is 47.7 Å². The fourth-order valence-corrected chi connectivity index (χ4v) is 7.29. The number of hydrogen-bond acceptors (Lipinski definition) is 5. The first-order valence-electron chi connectivity index (χ1n) is 14.3. The lowest BCUT2D eigenvalue weighted by molar-refractivity contribution is 0.264. The van der Waals surface area contributed by atoms with E-state index >= 15 is 0 Å². The van der Waals surface area contributed by atoms with Gasteiger partial charge in [-0.15, -0.1) is 0 Å². The van der Waals surface area contributed by atoms with Crippen LogP contribution in [0, 0.1) is 22.7 Å². The van der Waals surface area contributed by atoms with E-state index < -0.39 is 0 Å². The standard InChI is InChI=1S/C31H49N5/c1-22-16-27(35(4)5)17-25-18-30(22,25)21-32-19-24-11-13-26(14-12-24)33-23(2)34-28-10-8-9-15-31(28)20-29(31,3)36(6)7/h8-10,15-17,23-26,32-33H,11-14,18-21H2,1-7H3/b34-28-. The third kappa shape index (κ3) is 4.56. The maximum atomic E-state index is 5.19. The molecule has 0 saturated heterocycles. The zero-order chi connectivity index (χ0) is 25.7. The van der Waals surface area contributed by atoms with Crippen LogP contribution in [0.3, 0.4) is 0 Å². The van der Waals surface area contributed by atoms with Gasteiger partial charge in [0.15, 0.2) is 0 Å². The molecule has 198 valence electrons. The molecule has 0 aromatic carbocycles. The van der Waals surface area contributed by atoms with Crippen LogP contribution in [0.1, 0.15) is 59.3 Å². The van der Waals surface area contributed by atoms with Crippen molar-refractivity contribution < 1.29 is 0 Å². The number of aliphatic imine (C=N–C) groups is 1. The lowest BCUT2D eigenvalue weighted by Gasteiger charge is -2.32. The second-order valence-electron chi connectivity index (χ2n) is 13.0. The second kappa shape index (κ2) is 9.56. The highest BCUT2D eigenvalue weighted by molar-refractivity contribution is 6.06. The minimum atomic E-state index is 0.0836. The lowest BCUT2D eigenvalue weighted by Crippen LogP contribution is -2.41. The van der Waals surface area contributed by atoms with Crippen molar-refractivity contribution in [3.8, 4) is 0 Å². The Balaban J connectivity index is 1.06. The normalized spacial score (nSPS) is 40.8. The highest BCUT2D eigenvalue weighted by Crippen LogP contribution is 2.62. The van der Waals surface area contributed by atoms with Crippen LogP contribution >= 0.6 is 0 Å². The van der Waals surface area contributed by atoms with Gasteiger partial charge in [-0.2, -0.15) is 0 Å². The van der Waals surface area contributed by atoms with Crippen LogP contribution < -0.4 is 10.6 Å². The Bertz CT molecular complexity index is 994. The largest absolute Gasteiger partial charge is 0.378 e. The maximum Gasteiger partial charge on any atom is 0.0971 e. The average Bonchev–Trinajstić information content (AvgIpc) is 3.71. The summed E-state index contributed by atoms with van der Waals surface area (Å²) >= 11 is 0. The molecule has 36 heavy (non-hydrogen) atoms. The summed E-state index contributed by atoms with van der Waals surface area (Å²) in [4.78, 5) is 9.80. The van der Waals surface area contributed by atoms with E-state index in [4.69, 9.17) is 4.99 Å². The molecular weight excluding hydrogens is 442 g/mol. The predicted octanol–water partition coefficient (Wildman–Crippen LogP) is 4.76. The fraction of sp³-hybridized carbons (Fsp3) is 0.710. The summed E-state index contributed by atoms with van der Waals surface area (Å²) in [5, 5.41) is 7.73. The molecule has 5 atom stereocenters. The molecule has 0 radical (unpaired) electrons. The van der Waals surface area contributed by atoms with Gasteiger partial charge in [0, 0.05) is 49.0 Å². The monoisotopic (exact) mass is 491 g/mol. The molecule has 5 aliphatic carbocycles. The summed E-state index contributed by atoms with van der Waals surface area (Å²) in [7, 11) is 8.69. The summed E-state index contributed by atoms with van der Waals surface area (Å²) in [6.07, 6.45) is 21.6. The van der Waals surface area contributed by atoms with Gasteiger partial charge < -0.3 is 15.1 Å². The highest BCUT2D eigenvalue weighted by Gasteiger charge is 2.66. The van der Waals surface area contributed by atoms with Gasteiger partial charge in [-0.3, -0.25) is 10.3 Å². The molecule has 2 N–H and O–H groups in total. The van der Waals surface area contributed by atoms with E-state index in [1.165, 1.54) is 50.1 Å². The van der Waals surface area contributed by atoms with Crippen molar-refractivity contribution in [1.29, 1.82) is 0 Å². The molecule has 0 heterocycles. The highest BCUT2D eigenvalue weighted by atomic mass is 15.2. The zero-order valence-electron chi connectivity index (χ0n) is 23.8. The van der Waals surface area contributed by atoms with Gasteiger partial charge in [-0.25, -0.2) is 0 Å². The molecule has 0 aliphatic heterocycles. The molecule has 0 aromatic rings. The van der Waals surface area contributed by atoms with Crippen molar-refractivity contribution in [2.24, 2.45) is 27.7 Å². The molecule has 5 rings (SSSR count). The molecule has 5 unspecified atom stereocenters. The van der Waals surface area contributed by atoms with Gasteiger partial charge in [0.2, 0.25) is 0 Å². The first kappa shape index (κ1) is 25.9. The van der Waals surface area contributed by atoms with E-state index in [-0.39, 0.29) is 17.1 Å². The van der Waals surface area contributed by atoms with E-state index in [1.54, 1.807) is 5.57 Å². The van der Waals surface area contributed by atoms with E-state index in [0.717, 1.165) is 24.8 Å². The summed E-state index contributed by atoms with van der Waals surface area (Å²) in [5.74, 6) is 1.54. The number of nitrogens with zero attached hydrogens (tertiary/aromatic N) is 3. The number of rotatable bonds is 9. The zero-order valence-corrected chi connectivity index (χ0v) is 23.8. The van der Waals surface area contributed by atoms with Crippen molar-refractivity contribution in [2.45, 2.75) is 77.0 Å². The van der Waals surface area contributed by atoms with Gasteiger partial charge in [0.25, 0.3) is 0 Å². The fourth-order valence-electron chi connectivity index (χ4n) is 7.29. The summed E-state index contributed by atoms with van der Waals surface area (Å²) < 4.78 is 0. The molecule has 5 aliphatic rings. The number of fused-ring (bicyclic) bond motifs is 1. The van der Waals surface area contributed by atoms with Crippen molar-refractivity contribution in [1.82, 2.24) is 20.4 Å². The smallest absolute Gasteiger partial charge is 0.0971 e. The number of likely N-dealkylation sites (N-methyl/N-ethyl adjacent to an activating group) is 1. The van der Waals surface area contributed by atoms with Gasteiger partial charge in [0.05, 0.1) is 11.6 Å². The molecular formula is C31H49N5. The Morgan fingerprint density at radius 1 is 1.11 bits per heavy atom. The van der Waals surface area contributed by atoms with Crippen LogP contribution in [-0.4, -0.2) is 74.5 Å². The van der Waals surface area contributed by atoms with Crippen LogP contribution in [0.25, 0.3) is 0 Å². The van der Waals surface area contributed by atoms with Crippen LogP contribution in [0.15, 0.2) is 52.7 Å². The number of hydrogen-bond donors (Lipinski definition) is 2. The van der Waals surface area contributed by atoms with E-state index in [0.29, 0.717) is 11.5 Å². The maximum absolute atomic E-state index is 5.19. The molecule has 0 aromatic heterocycles. The Kier molecular flexibility index (Phi) is 6.89. The quantitative estimate of drug-likeness (QED) is 0.488. The van der Waals surface area contributed by atoms with Crippen molar-refractivity contribution >= 4 is 5.71 Å². The van der Waals surface area contributed by atoms with Crippen LogP contribution in [-0.2, 0) is 0 Å². The van der Waals surface area contributed by atoms with Crippen LogP contribution in [0.5, 0.6) is 0 Å². The van der Waals surface area contributed by atoms with Gasteiger partial charge in [0.1, 0.15) is 0 Å². The summed E-state index contributed by atoms with van der Waals surface area (Å²) in [6.45, 7) is 9.24. The summed E-state index contributed by atoms with van der Waals surface area (Å²) in [6, 6.07) is 0.587. The Labute approximate surface area is 219 Å². The van der Waals surface area contributed by atoms with Gasteiger partial charge >= 0.3 is 0 Å². The first-order valence-corrected chi connectivity index (χ1v) is 14.3. The minimum absolute atomic E-state index is 0.0836. The Hall–Kier alpha value is -1.69. The van der Waals surface area contributed by atoms with Gasteiger partial charge in [-0.05, 0) is 104 Å². The lowest BCUT2D eigenvalue weighted by atomic mass is 9.85. The van der Waals surface area contributed by atoms with E-state index in [9.17, 15) is 0 Å². The van der Waals surface area contributed by atoms with Crippen molar-refractivity contribution in [2.75, 3.05) is 41.3 Å². The van der Waals surface area contributed by atoms with Gasteiger partial charge in [-0.1, -0.05) is 29.9 Å². The molecule has 5 heteroatoms. The molecule has 3 fully saturated rings. The number of nitrogens with one attached hydrogen (secondary N) is 2. The third-order valence-electron chi connectivity index (χ3n) is 10.4. The first-order chi connectivity index (χ1) is 17.1. The summed E-state index contributed by atoms with van der Waals surface area (Å²) in [5.41, 5.74) is 4.85. The Morgan fingerprint density at radius 2 is 1.86 bits per heavy atom. The number of allylic oxidation sites excluding steroid dienone is 5. The van der Waals surface area contributed by atoms with E-state index in [1.807, 2.05) is 0 Å².